The van der Waals surface area contributed by atoms with Gasteiger partial charge in [0.2, 0.25) is 5.91 Å². The summed E-state index contributed by atoms with van der Waals surface area (Å²) in [5.41, 5.74) is 3.76. The van der Waals surface area contributed by atoms with E-state index in [4.69, 9.17) is 8.83 Å². The summed E-state index contributed by atoms with van der Waals surface area (Å²) < 4.78 is 11.5. The molecule has 1 amide bonds. The zero-order valence-corrected chi connectivity index (χ0v) is 17.6. The number of amides is 1. The van der Waals surface area contributed by atoms with Crippen molar-refractivity contribution >= 4 is 33.8 Å². The number of carbonyl (C=O) groups is 2. The van der Waals surface area contributed by atoms with Crippen molar-refractivity contribution in [1.82, 2.24) is 4.90 Å². The number of nitrogens with zero attached hydrogens (tertiary/aromatic N) is 1. The first-order valence-electron chi connectivity index (χ1n) is 10.2. The van der Waals surface area contributed by atoms with E-state index in [0.29, 0.717) is 36.1 Å². The highest BCUT2D eigenvalue weighted by atomic mass is 16.4. The van der Waals surface area contributed by atoms with E-state index in [1.807, 2.05) is 33.8 Å². The van der Waals surface area contributed by atoms with Gasteiger partial charge in [-0.2, -0.15) is 0 Å². The number of rotatable bonds is 4. The number of hydrogen-bond donors (Lipinski definition) is 0. The maximum absolute atomic E-state index is 12.7. The van der Waals surface area contributed by atoms with E-state index in [1.165, 1.54) is 4.90 Å². The van der Waals surface area contributed by atoms with Gasteiger partial charge in [0.05, 0.1) is 12.0 Å². The first-order chi connectivity index (χ1) is 14.2. The third kappa shape index (κ3) is 3.09. The molecule has 0 saturated carbocycles. The molecule has 7 nitrogen and oxygen atoms in total. The van der Waals surface area contributed by atoms with Gasteiger partial charge in [-0.05, 0) is 64.2 Å². The van der Waals surface area contributed by atoms with Gasteiger partial charge in [0, 0.05) is 34.9 Å². The van der Waals surface area contributed by atoms with E-state index in [1.54, 1.807) is 0 Å². The summed E-state index contributed by atoms with van der Waals surface area (Å²) in [5, 5.41) is 13.0. The Labute approximate surface area is 173 Å². The number of aliphatic carboxylic acids is 1. The van der Waals surface area contributed by atoms with Crippen molar-refractivity contribution in [3.63, 3.8) is 0 Å². The van der Waals surface area contributed by atoms with Crippen LogP contribution in [0.2, 0.25) is 0 Å². The quantitative estimate of drug-likeness (QED) is 0.612. The normalized spacial score (nSPS) is 16.7. The monoisotopic (exact) mass is 410 g/mol. The second-order valence-corrected chi connectivity index (χ2v) is 8.10. The highest BCUT2D eigenvalue weighted by Crippen LogP contribution is 2.34. The van der Waals surface area contributed by atoms with Crippen LogP contribution in [0.15, 0.2) is 19.7 Å². The van der Waals surface area contributed by atoms with Crippen molar-refractivity contribution in [3.8, 4) is 0 Å². The highest BCUT2D eigenvalue weighted by molar-refractivity contribution is 6.00. The maximum Gasteiger partial charge on any atom is 0.339 e. The Morgan fingerprint density at radius 2 is 1.73 bits per heavy atom. The molecule has 0 spiro atoms. The van der Waals surface area contributed by atoms with Crippen LogP contribution in [0.3, 0.4) is 0 Å². The Morgan fingerprint density at radius 3 is 2.43 bits per heavy atom. The lowest BCUT2D eigenvalue weighted by atomic mass is 9.98. The molecule has 1 aliphatic heterocycles. The highest BCUT2D eigenvalue weighted by Gasteiger charge is 2.29. The molecule has 2 aromatic heterocycles. The molecule has 0 unspecified atom stereocenters. The van der Waals surface area contributed by atoms with E-state index in [9.17, 15) is 19.5 Å². The first-order valence-corrected chi connectivity index (χ1v) is 10.2. The molecule has 1 fully saturated rings. The smallest absolute Gasteiger partial charge is 0.339 e. The summed E-state index contributed by atoms with van der Waals surface area (Å²) in [6.07, 6.45) is 1.29. The molecule has 0 aliphatic carbocycles. The minimum absolute atomic E-state index is 0.0476. The average Bonchev–Trinajstić information content (AvgIpc) is 3.29. The summed E-state index contributed by atoms with van der Waals surface area (Å²) in [7, 11) is 0. The van der Waals surface area contributed by atoms with Crippen LogP contribution in [0.25, 0.3) is 21.9 Å². The SMILES string of the molecule is Cc1oc2c(C)c3oc(=O)c(CCC(=O)N4CCC[C@H]4C(=O)[O-])c(C)c3cc2c1C. The summed E-state index contributed by atoms with van der Waals surface area (Å²) in [5.74, 6) is -0.691. The third-order valence-electron chi connectivity index (χ3n) is 6.38. The molecule has 3 aromatic rings. The fraction of sp³-hybridized carbons (Fsp3) is 0.435. The van der Waals surface area contributed by atoms with Gasteiger partial charge < -0.3 is 23.6 Å². The van der Waals surface area contributed by atoms with Crippen LogP contribution in [0.4, 0.5) is 0 Å². The van der Waals surface area contributed by atoms with Gasteiger partial charge in [-0.3, -0.25) is 4.79 Å². The largest absolute Gasteiger partial charge is 0.548 e. The summed E-state index contributed by atoms with van der Waals surface area (Å²) in [6, 6.07) is 1.09. The van der Waals surface area contributed by atoms with E-state index in [-0.39, 0.29) is 18.7 Å². The molecule has 0 radical (unpaired) electrons. The minimum Gasteiger partial charge on any atom is -0.548 e. The van der Waals surface area contributed by atoms with E-state index in [0.717, 1.165) is 33.2 Å². The number of fused-ring (bicyclic) bond motifs is 2. The molecular weight excluding hydrogens is 386 g/mol. The van der Waals surface area contributed by atoms with Crippen molar-refractivity contribution in [2.24, 2.45) is 0 Å². The molecule has 7 heteroatoms. The molecule has 1 aromatic carbocycles. The Bertz CT molecular complexity index is 1250. The number of carboxylic acids is 1. The molecule has 0 bridgehead atoms. The number of aryl methyl sites for hydroxylation is 4. The summed E-state index contributed by atoms with van der Waals surface area (Å²) >= 11 is 0. The van der Waals surface area contributed by atoms with Crippen LogP contribution in [-0.2, 0) is 16.0 Å². The Balaban J connectivity index is 1.70. The van der Waals surface area contributed by atoms with Gasteiger partial charge in [0.25, 0.3) is 0 Å². The van der Waals surface area contributed by atoms with Crippen molar-refractivity contribution in [2.75, 3.05) is 6.54 Å². The second kappa shape index (κ2) is 7.31. The van der Waals surface area contributed by atoms with Crippen LogP contribution in [0.5, 0.6) is 0 Å². The van der Waals surface area contributed by atoms with Crippen LogP contribution < -0.4 is 10.7 Å². The predicted octanol–water partition coefficient (Wildman–Crippen LogP) is 2.45. The second-order valence-electron chi connectivity index (χ2n) is 8.10. The van der Waals surface area contributed by atoms with Crippen molar-refractivity contribution in [2.45, 2.75) is 59.4 Å². The lowest BCUT2D eigenvalue weighted by Crippen LogP contribution is -2.47. The van der Waals surface area contributed by atoms with Gasteiger partial charge in [0.15, 0.2) is 0 Å². The van der Waals surface area contributed by atoms with Crippen molar-refractivity contribution in [3.05, 3.63) is 44.5 Å². The van der Waals surface area contributed by atoms with Gasteiger partial charge in [-0.15, -0.1) is 0 Å². The molecule has 0 N–H and O–H groups in total. The molecule has 1 aliphatic rings. The molecule has 4 rings (SSSR count). The molecule has 1 atom stereocenters. The standard InChI is InChI=1S/C23H25NO6/c1-11-14(4)29-20-13(3)21-17(10-16(11)20)12(2)15(23(28)30-21)7-8-19(25)24-9-5-6-18(24)22(26)27/h10,18H,5-9H2,1-4H3,(H,26,27)/p-1/t18-/m0/s1. The molecular formula is C23H24NO6-. The number of likely N-dealkylation sites (tertiary alicyclic amines) is 1. The zero-order valence-electron chi connectivity index (χ0n) is 17.6. The zero-order chi connectivity index (χ0) is 21.7. The van der Waals surface area contributed by atoms with E-state index in [2.05, 4.69) is 0 Å². The lowest BCUT2D eigenvalue weighted by Gasteiger charge is -2.25. The molecule has 3 heterocycles. The van der Waals surface area contributed by atoms with Crippen LogP contribution in [0, 0.1) is 27.7 Å². The average molecular weight is 410 g/mol. The maximum atomic E-state index is 12.7. The first kappa shape index (κ1) is 20.2. The van der Waals surface area contributed by atoms with Gasteiger partial charge in [-0.1, -0.05) is 0 Å². The lowest BCUT2D eigenvalue weighted by molar-refractivity contribution is -0.310. The number of furan rings is 1. The number of hydrogen-bond acceptors (Lipinski definition) is 6. The Hall–Kier alpha value is -3.09. The molecule has 30 heavy (non-hydrogen) atoms. The summed E-state index contributed by atoms with van der Waals surface area (Å²) in [4.78, 5) is 37.9. The van der Waals surface area contributed by atoms with Crippen molar-refractivity contribution in [1.29, 1.82) is 0 Å². The predicted molar refractivity (Wildman–Crippen MR) is 109 cm³/mol. The van der Waals surface area contributed by atoms with E-state index < -0.39 is 17.6 Å². The Morgan fingerprint density at radius 1 is 1.07 bits per heavy atom. The van der Waals surface area contributed by atoms with Crippen LogP contribution >= 0.6 is 0 Å². The van der Waals surface area contributed by atoms with Crippen LogP contribution in [-0.4, -0.2) is 29.4 Å². The number of carboxylic acid groups (broad SMARTS) is 1. The summed E-state index contributed by atoms with van der Waals surface area (Å²) in [6.45, 7) is 8.01. The minimum atomic E-state index is -1.23. The van der Waals surface area contributed by atoms with E-state index >= 15 is 0 Å². The van der Waals surface area contributed by atoms with Gasteiger partial charge in [-0.25, -0.2) is 4.79 Å². The molecule has 158 valence electrons. The fourth-order valence-electron chi connectivity index (χ4n) is 4.47. The fourth-order valence-corrected chi connectivity index (χ4v) is 4.47. The number of carbonyl (C=O) groups excluding carboxylic acids is 2. The van der Waals surface area contributed by atoms with Crippen molar-refractivity contribution < 1.29 is 23.5 Å². The molecule has 1 saturated heterocycles. The Kier molecular flexibility index (Phi) is 4.92. The number of benzene rings is 1. The van der Waals surface area contributed by atoms with Gasteiger partial charge in [0.1, 0.15) is 16.9 Å². The topological polar surface area (TPSA) is 104 Å². The third-order valence-corrected chi connectivity index (χ3v) is 6.38. The van der Waals surface area contributed by atoms with Crippen LogP contribution in [0.1, 0.15) is 47.3 Å². The van der Waals surface area contributed by atoms with Gasteiger partial charge >= 0.3 is 5.63 Å².